The van der Waals surface area contributed by atoms with Crippen LogP contribution < -0.4 is 4.90 Å². The molecule has 2 fully saturated rings. The van der Waals surface area contributed by atoms with Gasteiger partial charge in [0.25, 0.3) is 0 Å². The maximum absolute atomic E-state index is 13.2. The number of aryl methyl sites for hydroxylation is 2. The Morgan fingerprint density at radius 3 is 2.64 bits per heavy atom. The molecule has 0 N–H and O–H groups in total. The monoisotopic (exact) mass is 341 g/mol. The number of nitrogens with zero attached hydrogens (tertiary/aromatic N) is 3. The van der Waals surface area contributed by atoms with Crippen molar-refractivity contribution in [3.05, 3.63) is 28.8 Å². The van der Waals surface area contributed by atoms with Crippen molar-refractivity contribution in [2.45, 2.75) is 58.5 Å². The van der Waals surface area contributed by atoms with Gasteiger partial charge in [-0.15, -0.1) is 0 Å². The third kappa shape index (κ3) is 3.34. The van der Waals surface area contributed by atoms with Crippen LogP contribution in [0.15, 0.2) is 12.1 Å². The van der Waals surface area contributed by atoms with Crippen LogP contribution in [0, 0.1) is 13.8 Å². The number of rotatable bonds is 3. The Morgan fingerprint density at radius 1 is 1.08 bits per heavy atom. The number of likely N-dealkylation sites (tertiary alicyclic amines) is 1. The predicted octanol–water partition coefficient (Wildman–Crippen LogP) is 3.10. The van der Waals surface area contributed by atoms with Gasteiger partial charge in [-0.05, 0) is 75.9 Å². The van der Waals surface area contributed by atoms with Gasteiger partial charge in [-0.25, -0.2) is 0 Å². The maximum Gasteiger partial charge on any atom is 0.228 e. The van der Waals surface area contributed by atoms with Crippen molar-refractivity contribution in [2.75, 3.05) is 37.6 Å². The van der Waals surface area contributed by atoms with Gasteiger partial charge < -0.3 is 9.80 Å². The molecule has 1 amide bonds. The van der Waals surface area contributed by atoms with Gasteiger partial charge in [0, 0.05) is 32.1 Å². The summed E-state index contributed by atoms with van der Waals surface area (Å²) in [4.78, 5) is 20.4. The smallest absolute Gasteiger partial charge is 0.228 e. The van der Waals surface area contributed by atoms with Crippen molar-refractivity contribution < 1.29 is 4.79 Å². The van der Waals surface area contributed by atoms with Crippen molar-refractivity contribution in [2.24, 2.45) is 0 Å². The summed E-state index contributed by atoms with van der Waals surface area (Å²) < 4.78 is 0. The third-order valence-electron chi connectivity index (χ3n) is 6.38. The minimum Gasteiger partial charge on any atom is -0.310 e. The highest BCUT2D eigenvalue weighted by molar-refractivity contribution is 5.95. The zero-order chi connectivity index (χ0) is 17.4. The first-order chi connectivity index (χ1) is 12.1. The van der Waals surface area contributed by atoms with Gasteiger partial charge in [-0.2, -0.15) is 0 Å². The molecule has 4 heteroatoms. The van der Waals surface area contributed by atoms with Crippen LogP contribution in [0.3, 0.4) is 0 Å². The minimum absolute atomic E-state index is 0.315. The van der Waals surface area contributed by atoms with Crippen molar-refractivity contribution in [3.63, 3.8) is 0 Å². The zero-order valence-electron chi connectivity index (χ0n) is 15.8. The number of benzene rings is 1. The Labute approximate surface area is 151 Å². The van der Waals surface area contributed by atoms with E-state index < -0.39 is 0 Å². The lowest BCUT2D eigenvalue weighted by molar-refractivity contribution is -0.119. The Kier molecular flexibility index (Phi) is 4.83. The fourth-order valence-corrected chi connectivity index (χ4v) is 4.87. The maximum atomic E-state index is 13.2. The van der Waals surface area contributed by atoms with E-state index in [0.717, 1.165) is 19.6 Å². The van der Waals surface area contributed by atoms with E-state index in [-0.39, 0.29) is 0 Å². The molecular weight excluding hydrogens is 310 g/mol. The fraction of sp³-hybridized carbons (Fsp3) is 0.667. The van der Waals surface area contributed by atoms with Crippen LogP contribution in [-0.4, -0.2) is 54.5 Å². The zero-order valence-corrected chi connectivity index (χ0v) is 15.8. The van der Waals surface area contributed by atoms with Crippen LogP contribution in [0.2, 0.25) is 0 Å². The second-order valence-corrected chi connectivity index (χ2v) is 8.10. The molecule has 3 heterocycles. The Balaban J connectivity index is 1.61. The number of carbonyl (C=O) groups excluding carboxylic acids is 1. The molecule has 1 unspecified atom stereocenters. The molecule has 0 aromatic heterocycles. The first-order valence-corrected chi connectivity index (χ1v) is 9.99. The topological polar surface area (TPSA) is 26.8 Å². The van der Waals surface area contributed by atoms with Gasteiger partial charge in [0.05, 0.1) is 5.69 Å². The van der Waals surface area contributed by atoms with E-state index in [1.165, 1.54) is 67.7 Å². The van der Waals surface area contributed by atoms with Crippen LogP contribution in [0.25, 0.3) is 0 Å². The van der Waals surface area contributed by atoms with E-state index in [1.54, 1.807) is 0 Å². The molecule has 3 aliphatic rings. The molecule has 4 rings (SSSR count). The summed E-state index contributed by atoms with van der Waals surface area (Å²) in [6.45, 7) is 10.7. The molecule has 0 spiro atoms. The minimum atomic E-state index is 0.315. The van der Waals surface area contributed by atoms with Crippen molar-refractivity contribution in [1.29, 1.82) is 0 Å². The summed E-state index contributed by atoms with van der Waals surface area (Å²) in [5, 5.41) is 0. The number of hydrogen-bond acceptors (Lipinski definition) is 3. The molecule has 2 saturated heterocycles. The average molecular weight is 341 g/mol. The summed E-state index contributed by atoms with van der Waals surface area (Å²) in [7, 11) is 0. The van der Waals surface area contributed by atoms with Crippen molar-refractivity contribution in [3.8, 4) is 0 Å². The number of carbonyl (C=O) groups is 1. The largest absolute Gasteiger partial charge is 0.310 e. The molecule has 1 aromatic rings. The highest BCUT2D eigenvalue weighted by atomic mass is 16.2. The molecule has 1 atom stereocenters. The quantitative estimate of drug-likeness (QED) is 0.845. The van der Waals surface area contributed by atoms with Gasteiger partial charge in [0.15, 0.2) is 0 Å². The van der Waals surface area contributed by atoms with E-state index in [4.69, 9.17) is 0 Å². The van der Waals surface area contributed by atoms with Crippen LogP contribution in [0.5, 0.6) is 0 Å². The summed E-state index contributed by atoms with van der Waals surface area (Å²) >= 11 is 0. The molecule has 0 bridgehead atoms. The SMILES string of the molecule is Cc1ccc(C)c2c1CN1CCCC1CN2C(=O)CCN1CCCC1. The summed E-state index contributed by atoms with van der Waals surface area (Å²) in [6, 6.07) is 4.94. The lowest BCUT2D eigenvalue weighted by Crippen LogP contribution is -2.41. The first kappa shape index (κ1) is 17.0. The van der Waals surface area contributed by atoms with Crippen LogP contribution in [0.4, 0.5) is 5.69 Å². The molecule has 3 aliphatic heterocycles. The Hall–Kier alpha value is -1.39. The molecular formula is C21H31N3O. The summed E-state index contributed by atoms with van der Waals surface area (Å²) in [5.41, 5.74) is 5.15. The van der Waals surface area contributed by atoms with Crippen LogP contribution in [-0.2, 0) is 11.3 Å². The molecule has 1 aromatic carbocycles. The fourth-order valence-electron chi connectivity index (χ4n) is 4.87. The van der Waals surface area contributed by atoms with Crippen molar-refractivity contribution in [1.82, 2.24) is 9.80 Å². The van der Waals surface area contributed by atoms with Gasteiger partial charge in [-0.1, -0.05) is 12.1 Å². The van der Waals surface area contributed by atoms with Crippen molar-refractivity contribution >= 4 is 11.6 Å². The Bertz CT molecular complexity index is 651. The summed E-state index contributed by atoms with van der Waals surface area (Å²) in [6.07, 6.45) is 5.72. The number of anilines is 1. The van der Waals surface area contributed by atoms with E-state index in [2.05, 4.69) is 40.7 Å². The van der Waals surface area contributed by atoms with E-state index in [1.807, 2.05) is 0 Å². The highest BCUT2D eigenvalue weighted by Crippen LogP contribution is 2.36. The predicted molar refractivity (Wildman–Crippen MR) is 102 cm³/mol. The van der Waals surface area contributed by atoms with Gasteiger partial charge >= 0.3 is 0 Å². The number of amides is 1. The van der Waals surface area contributed by atoms with Crippen LogP contribution >= 0.6 is 0 Å². The number of fused-ring (bicyclic) bond motifs is 2. The normalized spacial score (nSPS) is 24.2. The number of hydrogen-bond donors (Lipinski definition) is 0. The average Bonchev–Trinajstić information content (AvgIpc) is 3.24. The molecule has 0 saturated carbocycles. The molecule has 0 radical (unpaired) electrons. The lowest BCUT2D eigenvalue weighted by Gasteiger charge is -2.28. The van der Waals surface area contributed by atoms with Gasteiger partial charge in [-0.3, -0.25) is 9.69 Å². The van der Waals surface area contributed by atoms with E-state index >= 15 is 0 Å². The standard InChI is InChI=1S/C21H31N3O/c1-16-7-8-17(2)21-19(16)15-23-12-5-6-18(23)14-24(21)20(25)9-13-22-10-3-4-11-22/h7-8,18H,3-6,9-15H2,1-2H3. The Morgan fingerprint density at radius 2 is 1.84 bits per heavy atom. The van der Waals surface area contributed by atoms with E-state index in [9.17, 15) is 4.79 Å². The molecule has 0 aliphatic carbocycles. The third-order valence-corrected chi connectivity index (χ3v) is 6.38. The van der Waals surface area contributed by atoms with Gasteiger partial charge in [0.1, 0.15) is 0 Å². The van der Waals surface area contributed by atoms with E-state index in [0.29, 0.717) is 18.4 Å². The summed E-state index contributed by atoms with van der Waals surface area (Å²) in [5.74, 6) is 0.315. The molecule has 25 heavy (non-hydrogen) atoms. The molecule has 4 nitrogen and oxygen atoms in total. The lowest BCUT2D eigenvalue weighted by atomic mass is 10.0. The second-order valence-electron chi connectivity index (χ2n) is 8.10. The van der Waals surface area contributed by atoms with Crippen LogP contribution in [0.1, 0.15) is 48.8 Å². The highest BCUT2D eigenvalue weighted by Gasteiger charge is 2.34. The molecule has 136 valence electrons. The van der Waals surface area contributed by atoms with Gasteiger partial charge in [0.2, 0.25) is 5.91 Å². The second kappa shape index (κ2) is 7.08. The first-order valence-electron chi connectivity index (χ1n) is 9.99.